The van der Waals surface area contributed by atoms with E-state index in [1.165, 1.54) is 64.5 Å². The Morgan fingerprint density at radius 3 is 2.67 bits per heavy atom. The van der Waals surface area contributed by atoms with Crippen LogP contribution in [0.1, 0.15) is 58.3 Å². The van der Waals surface area contributed by atoms with Crippen LogP contribution in [0.15, 0.2) is 0 Å². The fraction of sp³-hybridized carbons (Fsp3) is 1.00. The Kier molecular flexibility index (Phi) is 5.23. The molecule has 1 N–H and O–H groups in total. The maximum absolute atomic E-state index is 6.05. The van der Waals surface area contributed by atoms with Crippen molar-refractivity contribution in [3.05, 3.63) is 0 Å². The molecule has 3 rings (SSSR count). The van der Waals surface area contributed by atoms with Crippen molar-refractivity contribution >= 4 is 0 Å². The molecule has 1 heterocycles. The summed E-state index contributed by atoms with van der Waals surface area (Å²) in [5, 5.41) is 3.50. The summed E-state index contributed by atoms with van der Waals surface area (Å²) >= 11 is 0. The van der Waals surface area contributed by atoms with Gasteiger partial charge in [0.2, 0.25) is 0 Å². The van der Waals surface area contributed by atoms with Gasteiger partial charge in [-0.2, -0.15) is 0 Å². The Labute approximate surface area is 130 Å². The van der Waals surface area contributed by atoms with Crippen LogP contribution < -0.4 is 5.32 Å². The molecule has 1 saturated heterocycles. The fourth-order valence-corrected chi connectivity index (χ4v) is 4.94. The number of ether oxygens (including phenoxy) is 1. The molecule has 0 aromatic carbocycles. The highest BCUT2D eigenvalue weighted by Gasteiger charge is 2.40. The third-order valence-corrected chi connectivity index (χ3v) is 6.27. The van der Waals surface area contributed by atoms with Gasteiger partial charge in [0.1, 0.15) is 0 Å². The molecule has 3 aliphatic rings. The van der Waals surface area contributed by atoms with E-state index in [-0.39, 0.29) is 0 Å². The molecule has 21 heavy (non-hydrogen) atoms. The van der Waals surface area contributed by atoms with Gasteiger partial charge in [0, 0.05) is 25.7 Å². The summed E-state index contributed by atoms with van der Waals surface area (Å²) in [7, 11) is 2.13. The zero-order valence-electron chi connectivity index (χ0n) is 14.1. The molecule has 1 aliphatic heterocycles. The SMILES string of the molecule is CNCC1(CN2CCOC3CCCCC32)CCC(C)CC1. The topological polar surface area (TPSA) is 24.5 Å². The maximum atomic E-state index is 6.05. The second-order valence-corrected chi connectivity index (χ2v) is 7.94. The minimum atomic E-state index is 0.514. The van der Waals surface area contributed by atoms with E-state index < -0.39 is 0 Å². The first kappa shape index (κ1) is 15.8. The molecule has 0 bridgehead atoms. The standard InChI is InChI=1S/C18H34N2O/c1-15-7-9-18(10-8-15,13-19-2)14-20-11-12-21-17-6-4-3-5-16(17)20/h15-17,19H,3-14H2,1-2H3. The predicted octanol–water partition coefficient (Wildman–Crippen LogP) is 3.05. The molecule has 0 aromatic rings. The number of hydrogen-bond donors (Lipinski definition) is 1. The minimum Gasteiger partial charge on any atom is -0.375 e. The van der Waals surface area contributed by atoms with Crippen molar-refractivity contribution in [3.63, 3.8) is 0 Å². The summed E-state index contributed by atoms with van der Waals surface area (Å²) in [4.78, 5) is 2.81. The van der Waals surface area contributed by atoms with E-state index in [0.29, 0.717) is 17.6 Å². The zero-order valence-corrected chi connectivity index (χ0v) is 14.1. The Balaban J connectivity index is 1.66. The molecule has 0 aromatic heterocycles. The molecule has 0 amide bonds. The van der Waals surface area contributed by atoms with Crippen LogP contribution in [0.4, 0.5) is 0 Å². The molecule has 122 valence electrons. The van der Waals surface area contributed by atoms with Crippen molar-refractivity contribution in [3.8, 4) is 0 Å². The van der Waals surface area contributed by atoms with Gasteiger partial charge < -0.3 is 10.1 Å². The van der Waals surface area contributed by atoms with Crippen LogP contribution >= 0.6 is 0 Å². The van der Waals surface area contributed by atoms with Gasteiger partial charge in [-0.1, -0.05) is 32.6 Å². The van der Waals surface area contributed by atoms with Crippen LogP contribution in [-0.2, 0) is 4.74 Å². The molecule has 3 heteroatoms. The monoisotopic (exact) mass is 294 g/mol. The summed E-state index contributed by atoms with van der Waals surface area (Å²) in [6.07, 6.45) is 11.6. The van der Waals surface area contributed by atoms with Gasteiger partial charge in [-0.25, -0.2) is 0 Å². The van der Waals surface area contributed by atoms with Crippen molar-refractivity contribution in [2.75, 3.05) is 33.3 Å². The van der Waals surface area contributed by atoms with Crippen molar-refractivity contribution in [1.82, 2.24) is 10.2 Å². The summed E-state index contributed by atoms with van der Waals surface area (Å²) in [5.74, 6) is 0.932. The van der Waals surface area contributed by atoms with Crippen LogP contribution in [0.5, 0.6) is 0 Å². The molecule has 2 unspecified atom stereocenters. The van der Waals surface area contributed by atoms with E-state index in [1.807, 2.05) is 0 Å². The van der Waals surface area contributed by atoms with Gasteiger partial charge >= 0.3 is 0 Å². The first-order valence-corrected chi connectivity index (χ1v) is 9.23. The lowest BCUT2D eigenvalue weighted by Crippen LogP contribution is -2.57. The second kappa shape index (κ2) is 6.97. The highest BCUT2D eigenvalue weighted by molar-refractivity contribution is 4.94. The van der Waals surface area contributed by atoms with Crippen molar-refractivity contribution in [2.24, 2.45) is 11.3 Å². The largest absolute Gasteiger partial charge is 0.375 e. The van der Waals surface area contributed by atoms with Gasteiger partial charge in [0.05, 0.1) is 12.7 Å². The van der Waals surface area contributed by atoms with Gasteiger partial charge in [-0.05, 0) is 44.1 Å². The molecule has 2 saturated carbocycles. The minimum absolute atomic E-state index is 0.514. The van der Waals surface area contributed by atoms with E-state index in [1.54, 1.807) is 0 Å². The highest BCUT2D eigenvalue weighted by atomic mass is 16.5. The van der Waals surface area contributed by atoms with Gasteiger partial charge in [0.15, 0.2) is 0 Å². The van der Waals surface area contributed by atoms with E-state index in [0.717, 1.165) is 19.1 Å². The Bertz CT molecular complexity index is 323. The van der Waals surface area contributed by atoms with Crippen LogP contribution in [0.25, 0.3) is 0 Å². The smallest absolute Gasteiger partial charge is 0.0730 e. The van der Waals surface area contributed by atoms with Crippen molar-refractivity contribution < 1.29 is 4.74 Å². The average Bonchev–Trinajstić information content (AvgIpc) is 2.51. The van der Waals surface area contributed by atoms with Crippen molar-refractivity contribution in [1.29, 1.82) is 0 Å². The lowest BCUT2D eigenvalue weighted by molar-refractivity contribution is -0.102. The van der Waals surface area contributed by atoms with Crippen LogP contribution in [-0.4, -0.2) is 50.3 Å². The zero-order chi connectivity index (χ0) is 14.7. The summed E-state index contributed by atoms with van der Waals surface area (Å²) in [6, 6.07) is 0.709. The van der Waals surface area contributed by atoms with Crippen LogP contribution in [0, 0.1) is 11.3 Å². The van der Waals surface area contributed by atoms with E-state index in [4.69, 9.17) is 4.74 Å². The van der Waals surface area contributed by atoms with E-state index in [2.05, 4.69) is 24.2 Å². The molecule has 0 radical (unpaired) electrons. The van der Waals surface area contributed by atoms with Gasteiger partial charge in [-0.15, -0.1) is 0 Å². The Morgan fingerprint density at radius 1 is 1.14 bits per heavy atom. The molecule has 2 aliphatic carbocycles. The number of nitrogens with one attached hydrogen (secondary N) is 1. The number of fused-ring (bicyclic) bond motifs is 1. The summed E-state index contributed by atoms with van der Waals surface area (Å²) in [6.45, 7) is 7.02. The second-order valence-electron chi connectivity index (χ2n) is 7.94. The van der Waals surface area contributed by atoms with Crippen molar-refractivity contribution in [2.45, 2.75) is 70.4 Å². The molecular formula is C18H34N2O. The molecule has 3 nitrogen and oxygen atoms in total. The first-order valence-electron chi connectivity index (χ1n) is 9.23. The third-order valence-electron chi connectivity index (χ3n) is 6.27. The number of morpholine rings is 1. The maximum Gasteiger partial charge on any atom is 0.0730 e. The Hall–Kier alpha value is -0.120. The van der Waals surface area contributed by atoms with Gasteiger partial charge in [0.25, 0.3) is 0 Å². The number of rotatable bonds is 4. The Morgan fingerprint density at radius 2 is 1.90 bits per heavy atom. The average molecular weight is 294 g/mol. The quantitative estimate of drug-likeness (QED) is 0.862. The molecular weight excluding hydrogens is 260 g/mol. The molecule has 3 fully saturated rings. The van der Waals surface area contributed by atoms with Gasteiger partial charge in [-0.3, -0.25) is 4.90 Å². The third kappa shape index (κ3) is 3.62. The van der Waals surface area contributed by atoms with Crippen LogP contribution in [0.2, 0.25) is 0 Å². The van der Waals surface area contributed by atoms with Crippen LogP contribution in [0.3, 0.4) is 0 Å². The lowest BCUT2D eigenvalue weighted by Gasteiger charge is -2.49. The molecule has 0 spiro atoms. The summed E-state index contributed by atoms with van der Waals surface area (Å²) < 4.78 is 6.05. The lowest BCUT2D eigenvalue weighted by atomic mass is 9.70. The predicted molar refractivity (Wildman–Crippen MR) is 87.6 cm³/mol. The highest BCUT2D eigenvalue weighted by Crippen LogP contribution is 2.41. The summed E-state index contributed by atoms with van der Waals surface area (Å²) in [5.41, 5.74) is 0.514. The number of nitrogens with zero attached hydrogens (tertiary/aromatic N) is 1. The first-order chi connectivity index (χ1) is 10.2. The number of hydrogen-bond acceptors (Lipinski definition) is 3. The fourth-order valence-electron chi connectivity index (χ4n) is 4.94. The molecule has 2 atom stereocenters. The normalized spacial score (nSPS) is 41.7. The van der Waals surface area contributed by atoms with E-state index in [9.17, 15) is 0 Å². The van der Waals surface area contributed by atoms with E-state index >= 15 is 0 Å².